The molecule has 0 radical (unpaired) electrons. The van der Waals surface area contributed by atoms with Crippen molar-refractivity contribution in [2.75, 3.05) is 0 Å². The van der Waals surface area contributed by atoms with Gasteiger partial charge in [-0.05, 0) is 79.9 Å². The van der Waals surface area contributed by atoms with E-state index in [1.807, 2.05) is 36.4 Å². The summed E-state index contributed by atoms with van der Waals surface area (Å²) in [6.07, 6.45) is 1.09. The van der Waals surface area contributed by atoms with Crippen LogP contribution in [0.4, 0.5) is 0 Å². The highest BCUT2D eigenvalue weighted by atomic mass is 35.5. The molecule has 0 saturated heterocycles. The molecule has 0 spiro atoms. The van der Waals surface area contributed by atoms with Crippen LogP contribution in [0.2, 0.25) is 15.1 Å². The van der Waals surface area contributed by atoms with Gasteiger partial charge in [0.05, 0.1) is 23.1 Å². The van der Waals surface area contributed by atoms with Crippen molar-refractivity contribution in [2.24, 2.45) is 0 Å². The molecule has 1 heterocycles. The fraction of sp³-hybridized carbons (Fsp3) is 0.250. The van der Waals surface area contributed by atoms with Crippen LogP contribution in [0.3, 0.4) is 0 Å². The molecule has 1 saturated carbocycles. The fourth-order valence-electron chi connectivity index (χ4n) is 4.80. The van der Waals surface area contributed by atoms with Gasteiger partial charge >= 0.3 is 0 Å². The number of hydrogen-bond donors (Lipinski definition) is 2. The van der Waals surface area contributed by atoms with Gasteiger partial charge in [0.2, 0.25) is 10.0 Å². The van der Waals surface area contributed by atoms with Gasteiger partial charge in [-0.2, -0.15) is 0 Å². The Morgan fingerprint density at radius 3 is 1.94 bits per heavy atom. The van der Waals surface area contributed by atoms with Crippen molar-refractivity contribution < 1.29 is 13.5 Å². The van der Waals surface area contributed by atoms with Crippen molar-refractivity contribution in [3.8, 4) is 0 Å². The summed E-state index contributed by atoms with van der Waals surface area (Å²) in [5.41, 5.74) is 1.84. The van der Waals surface area contributed by atoms with Gasteiger partial charge in [0.15, 0.2) is 0 Å². The Balaban J connectivity index is 1.54. The molecule has 5 rings (SSSR count). The Labute approximate surface area is 206 Å². The Bertz CT molecular complexity index is 1390. The minimum absolute atomic E-state index is 0.113. The van der Waals surface area contributed by atoms with E-state index in [1.165, 1.54) is 24.3 Å². The number of nitrogens with one attached hydrogen (secondary N) is 1. The summed E-state index contributed by atoms with van der Waals surface area (Å²) < 4.78 is 30.7. The maximum atomic E-state index is 12.9. The fourth-order valence-corrected chi connectivity index (χ4v) is 6.56. The molecular weight excluding hydrogens is 503 g/mol. The average Bonchev–Trinajstić information content (AvgIpc) is 3.08. The Morgan fingerprint density at radius 1 is 0.818 bits per heavy atom. The van der Waals surface area contributed by atoms with Crippen molar-refractivity contribution in [3.05, 3.63) is 75.7 Å². The summed E-state index contributed by atoms with van der Waals surface area (Å²) in [6, 6.07) is 16.3. The number of benzene rings is 3. The molecule has 0 amide bonds. The first-order valence-corrected chi connectivity index (χ1v) is 13.2. The Hall–Kier alpha value is -1.80. The normalized spacial score (nSPS) is 21.6. The molecule has 3 atom stereocenters. The Morgan fingerprint density at radius 2 is 1.36 bits per heavy atom. The molecular formula is C24H21Cl3N2O3S. The molecule has 0 aliphatic heterocycles. The monoisotopic (exact) mass is 522 g/mol. The molecule has 172 valence electrons. The van der Waals surface area contributed by atoms with Crippen molar-refractivity contribution in [3.63, 3.8) is 0 Å². The van der Waals surface area contributed by atoms with Crippen LogP contribution in [0.25, 0.3) is 21.8 Å². The van der Waals surface area contributed by atoms with E-state index in [2.05, 4.69) is 9.29 Å². The van der Waals surface area contributed by atoms with E-state index in [1.54, 1.807) is 0 Å². The average molecular weight is 524 g/mol. The number of fused-ring (bicyclic) bond motifs is 3. The molecule has 1 aromatic heterocycles. The first-order valence-electron chi connectivity index (χ1n) is 10.6. The van der Waals surface area contributed by atoms with E-state index < -0.39 is 22.2 Å². The molecule has 5 nitrogen and oxygen atoms in total. The van der Waals surface area contributed by atoms with Crippen LogP contribution in [-0.4, -0.2) is 30.2 Å². The summed E-state index contributed by atoms with van der Waals surface area (Å²) in [6.45, 7) is 0. The number of sulfonamides is 1. The topological polar surface area (TPSA) is 71.3 Å². The molecule has 1 aliphatic rings. The highest BCUT2D eigenvalue weighted by Crippen LogP contribution is 2.39. The molecule has 1 aliphatic carbocycles. The third-order valence-electron chi connectivity index (χ3n) is 6.31. The number of aliphatic hydroxyl groups is 1. The summed E-state index contributed by atoms with van der Waals surface area (Å²) >= 11 is 18.4. The van der Waals surface area contributed by atoms with Crippen LogP contribution >= 0.6 is 34.8 Å². The third kappa shape index (κ3) is 4.25. The zero-order chi connectivity index (χ0) is 23.3. The van der Waals surface area contributed by atoms with Gasteiger partial charge in [-0.1, -0.05) is 34.8 Å². The lowest BCUT2D eigenvalue weighted by atomic mass is 9.88. The molecule has 1 fully saturated rings. The van der Waals surface area contributed by atoms with Gasteiger partial charge in [-0.3, -0.25) is 0 Å². The molecule has 1 unspecified atom stereocenters. The van der Waals surface area contributed by atoms with Crippen LogP contribution in [0.1, 0.15) is 25.3 Å². The molecule has 33 heavy (non-hydrogen) atoms. The molecule has 9 heteroatoms. The van der Waals surface area contributed by atoms with Crippen molar-refractivity contribution >= 4 is 66.6 Å². The van der Waals surface area contributed by atoms with E-state index in [4.69, 9.17) is 34.8 Å². The maximum absolute atomic E-state index is 12.9. The lowest BCUT2D eigenvalue weighted by molar-refractivity contribution is 0.0547. The Kier molecular flexibility index (Phi) is 6.10. The van der Waals surface area contributed by atoms with E-state index in [0.29, 0.717) is 27.9 Å². The quantitative estimate of drug-likeness (QED) is 0.335. The number of halogens is 3. The van der Waals surface area contributed by atoms with E-state index in [-0.39, 0.29) is 10.9 Å². The molecule has 0 bridgehead atoms. The van der Waals surface area contributed by atoms with Gasteiger partial charge in [0, 0.05) is 36.9 Å². The number of nitrogens with zero attached hydrogens (tertiary/aromatic N) is 1. The van der Waals surface area contributed by atoms with Crippen molar-refractivity contribution in [2.45, 2.75) is 42.3 Å². The predicted octanol–water partition coefficient (Wildman–Crippen LogP) is 6.19. The minimum atomic E-state index is -3.81. The minimum Gasteiger partial charge on any atom is -0.389 e. The van der Waals surface area contributed by atoms with Gasteiger partial charge in [-0.15, -0.1) is 0 Å². The summed E-state index contributed by atoms with van der Waals surface area (Å²) in [5.74, 6) is 0. The van der Waals surface area contributed by atoms with Gasteiger partial charge in [0.1, 0.15) is 0 Å². The largest absolute Gasteiger partial charge is 0.389 e. The van der Waals surface area contributed by atoms with Crippen LogP contribution in [0, 0.1) is 0 Å². The van der Waals surface area contributed by atoms with Crippen LogP contribution in [-0.2, 0) is 10.0 Å². The predicted molar refractivity (Wildman–Crippen MR) is 134 cm³/mol. The van der Waals surface area contributed by atoms with Crippen molar-refractivity contribution in [1.82, 2.24) is 9.29 Å². The summed E-state index contributed by atoms with van der Waals surface area (Å²) in [5, 5.41) is 14.9. The highest BCUT2D eigenvalue weighted by Gasteiger charge is 2.37. The van der Waals surface area contributed by atoms with E-state index in [0.717, 1.165) is 28.2 Å². The standard InChI is InChI=1S/C24H21Cl3N2O3S/c25-14-4-8-17(9-5-14)33(31,32)28-20-2-1-3-23(24(20)30)29-21-10-6-15(26)12-18(21)19-13-16(27)7-11-22(19)29/h4-13,20,23-24,28,30H,1-3H2/t20-,23?,24+/m1/s1. The lowest BCUT2D eigenvalue weighted by Gasteiger charge is -2.36. The van der Waals surface area contributed by atoms with E-state index in [9.17, 15) is 13.5 Å². The zero-order valence-electron chi connectivity index (χ0n) is 17.4. The van der Waals surface area contributed by atoms with Crippen LogP contribution in [0.5, 0.6) is 0 Å². The van der Waals surface area contributed by atoms with E-state index >= 15 is 0 Å². The maximum Gasteiger partial charge on any atom is 0.240 e. The molecule has 4 aromatic rings. The van der Waals surface area contributed by atoms with Gasteiger partial charge in [-0.25, -0.2) is 13.1 Å². The number of aliphatic hydroxyl groups excluding tert-OH is 1. The second kappa shape index (κ2) is 8.77. The molecule has 3 aromatic carbocycles. The van der Waals surface area contributed by atoms with Gasteiger partial charge < -0.3 is 9.67 Å². The van der Waals surface area contributed by atoms with Crippen LogP contribution in [0.15, 0.2) is 65.6 Å². The highest BCUT2D eigenvalue weighted by molar-refractivity contribution is 7.89. The second-order valence-electron chi connectivity index (χ2n) is 8.36. The second-order valence-corrected chi connectivity index (χ2v) is 11.4. The number of aromatic nitrogens is 1. The summed E-state index contributed by atoms with van der Waals surface area (Å²) in [7, 11) is -3.81. The lowest BCUT2D eigenvalue weighted by Crippen LogP contribution is -2.49. The SMILES string of the molecule is O=S(=O)(N[C@@H]1CCCC(n2c3ccc(Cl)cc3c3cc(Cl)ccc32)[C@H]1O)c1ccc(Cl)cc1. The number of hydrogen-bond acceptors (Lipinski definition) is 3. The number of rotatable bonds is 4. The molecule has 2 N–H and O–H groups in total. The summed E-state index contributed by atoms with van der Waals surface area (Å²) in [4.78, 5) is 0.113. The smallest absolute Gasteiger partial charge is 0.240 e. The zero-order valence-corrected chi connectivity index (χ0v) is 20.5. The van der Waals surface area contributed by atoms with Crippen LogP contribution < -0.4 is 4.72 Å². The third-order valence-corrected chi connectivity index (χ3v) is 8.54. The van der Waals surface area contributed by atoms with Crippen molar-refractivity contribution in [1.29, 1.82) is 0 Å². The first-order chi connectivity index (χ1) is 15.7. The first kappa shape index (κ1) is 23.0. The van der Waals surface area contributed by atoms with Gasteiger partial charge in [0.25, 0.3) is 0 Å².